The summed E-state index contributed by atoms with van der Waals surface area (Å²) in [4.78, 5) is 0. The van der Waals surface area contributed by atoms with Gasteiger partial charge in [0.2, 0.25) is 0 Å². The van der Waals surface area contributed by atoms with Crippen LogP contribution in [0.2, 0.25) is 0 Å². The molecule has 0 N–H and O–H groups in total. The van der Waals surface area contributed by atoms with Crippen LogP contribution in [0.25, 0.3) is 6.08 Å². The number of aryl methyl sites for hydroxylation is 1. The second-order valence-electron chi connectivity index (χ2n) is 3.65. The van der Waals surface area contributed by atoms with Crippen LogP contribution in [-0.4, -0.2) is 0 Å². The maximum absolute atomic E-state index is 3.71. The van der Waals surface area contributed by atoms with Crippen LogP contribution in [0.3, 0.4) is 0 Å². The second kappa shape index (κ2) is 6.62. The number of rotatable bonds is 4. The lowest BCUT2D eigenvalue weighted by Crippen LogP contribution is -1.75. The van der Waals surface area contributed by atoms with Crippen molar-refractivity contribution in [3.05, 3.63) is 77.9 Å². The van der Waals surface area contributed by atoms with Crippen LogP contribution in [0.4, 0.5) is 0 Å². The normalized spacial score (nSPS) is 12.5. The SMILES string of the molecule is C=C/C=C(\C=C/C)/C=C/c1ccc(C)cc1. The fourth-order valence-electron chi connectivity index (χ4n) is 1.37. The molecule has 0 atom stereocenters. The predicted molar refractivity (Wildman–Crippen MR) is 73.3 cm³/mol. The monoisotopic (exact) mass is 210 g/mol. The molecule has 16 heavy (non-hydrogen) atoms. The highest BCUT2D eigenvalue weighted by molar-refractivity contribution is 5.55. The zero-order valence-electron chi connectivity index (χ0n) is 9.98. The Morgan fingerprint density at radius 1 is 1.12 bits per heavy atom. The van der Waals surface area contributed by atoms with E-state index in [1.807, 2.05) is 19.1 Å². The van der Waals surface area contributed by atoms with Gasteiger partial charge in [-0.1, -0.05) is 72.9 Å². The summed E-state index contributed by atoms with van der Waals surface area (Å²) in [7, 11) is 0. The Kier molecular flexibility index (Phi) is 5.07. The van der Waals surface area contributed by atoms with Crippen LogP contribution >= 0.6 is 0 Å². The molecule has 82 valence electrons. The van der Waals surface area contributed by atoms with E-state index < -0.39 is 0 Å². The molecule has 0 unspecified atom stereocenters. The molecule has 0 saturated carbocycles. The van der Waals surface area contributed by atoms with Crippen LogP contribution in [0.15, 0.2) is 66.8 Å². The molecule has 0 aliphatic heterocycles. The van der Waals surface area contributed by atoms with Gasteiger partial charge in [-0.3, -0.25) is 0 Å². The molecular weight excluding hydrogens is 192 g/mol. The average Bonchev–Trinajstić information content (AvgIpc) is 2.29. The van der Waals surface area contributed by atoms with Crippen molar-refractivity contribution in [3.63, 3.8) is 0 Å². The summed E-state index contributed by atoms with van der Waals surface area (Å²) in [6.07, 6.45) is 12.1. The minimum atomic E-state index is 1.15. The van der Waals surface area contributed by atoms with Gasteiger partial charge in [-0.15, -0.1) is 0 Å². The maximum atomic E-state index is 3.71. The molecule has 0 nitrogen and oxygen atoms in total. The van der Waals surface area contributed by atoms with Gasteiger partial charge in [-0.25, -0.2) is 0 Å². The number of hydrogen-bond donors (Lipinski definition) is 0. The molecule has 0 aliphatic carbocycles. The minimum absolute atomic E-state index is 1.15. The van der Waals surface area contributed by atoms with E-state index in [1.54, 1.807) is 6.08 Å². The standard InChI is InChI=1S/C16H18/c1-4-6-15(7-5-2)12-13-16-10-8-14(3)9-11-16/h4-13H,1H2,2-3H3/b7-5-,13-12+,15-6+. The first-order valence-corrected chi connectivity index (χ1v) is 5.46. The second-order valence-corrected chi connectivity index (χ2v) is 3.65. The fraction of sp³-hybridized carbons (Fsp3) is 0.125. The number of benzene rings is 1. The molecule has 1 aromatic rings. The molecular formula is C16H18. The third-order valence-electron chi connectivity index (χ3n) is 2.22. The molecule has 0 aliphatic rings. The summed E-state index contributed by atoms with van der Waals surface area (Å²) in [6.45, 7) is 7.81. The summed E-state index contributed by atoms with van der Waals surface area (Å²) in [6, 6.07) is 8.47. The van der Waals surface area contributed by atoms with Crippen LogP contribution in [0.5, 0.6) is 0 Å². The minimum Gasteiger partial charge on any atom is -0.0990 e. The molecule has 0 heteroatoms. The number of hydrogen-bond acceptors (Lipinski definition) is 0. The van der Waals surface area contributed by atoms with Crippen LogP contribution < -0.4 is 0 Å². The lowest BCUT2D eigenvalue weighted by Gasteiger charge is -1.95. The Balaban J connectivity index is 2.82. The third kappa shape index (κ3) is 4.14. The molecule has 0 amide bonds. The van der Waals surface area contributed by atoms with Crippen molar-refractivity contribution in [1.29, 1.82) is 0 Å². The van der Waals surface area contributed by atoms with Crippen molar-refractivity contribution in [2.45, 2.75) is 13.8 Å². The van der Waals surface area contributed by atoms with Gasteiger partial charge in [-0.2, -0.15) is 0 Å². The van der Waals surface area contributed by atoms with E-state index in [0.29, 0.717) is 0 Å². The third-order valence-corrected chi connectivity index (χ3v) is 2.22. The van der Waals surface area contributed by atoms with Crippen molar-refractivity contribution >= 4 is 6.08 Å². The first kappa shape index (κ1) is 12.3. The fourth-order valence-corrected chi connectivity index (χ4v) is 1.37. The van der Waals surface area contributed by atoms with E-state index in [-0.39, 0.29) is 0 Å². The van der Waals surface area contributed by atoms with Crippen molar-refractivity contribution in [2.75, 3.05) is 0 Å². The van der Waals surface area contributed by atoms with E-state index in [2.05, 4.69) is 56.0 Å². The quantitative estimate of drug-likeness (QED) is 0.632. The van der Waals surface area contributed by atoms with Gasteiger partial charge in [0.1, 0.15) is 0 Å². The molecule has 1 aromatic carbocycles. The zero-order valence-corrected chi connectivity index (χ0v) is 9.98. The molecule has 0 aromatic heterocycles. The van der Waals surface area contributed by atoms with E-state index in [9.17, 15) is 0 Å². The molecule has 0 radical (unpaired) electrons. The molecule has 0 bridgehead atoms. The van der Waals surface area contributed by atoms with Gasteiger partial charge in [0.15, 0.2) is 0 Å². The van der Waals surface area contributed by atoms with E-state index in [4.69, 9.17) is 0 Å². The summed E-state index contributed by atoms with van der Waals surface area (Å²) >= 11 is 0. The average molecular weight is 210 g/mol. The largest absolute Gasteiger partial charge is 0.0990 e. The van der Waals surface area contributed by atoms with E-state index in [1.165, 1.54) is 11.1 Å². The molecule has 0 fully saturated rings. The van der Waals surface area contributed by atoms with Crippen molar-refractivity contribution in [2.24, 2.45) is 0 Å². The Labute approximate surface area is 98.3 Å². The van der Waals surface area contributed by atoms with Gasteiger partial charge >= 0.3 is 0 Å². The summed E-state index contributed by atoms with van der Waals surface area (Å²) in [5.74, 6) is 0. The Hall–Kier alpha value is -1.82. The van der Waals surface area contributed by atoms with Crippen LogP contribution in [0, 0.1) is 6.92 Å². The highest BCUT2D eigenvalue weighted by atomic mass is 13.9. The zero-order chi connectivity index (χ0) is 11.8. The lowest BCUT2D eigenvalue weighted by molar-refractivity contribution is 1.46. The highest BCUT2D eigenvalue weighted by Crippen LogP contribution is 2.08. The topological polar surface area (TPSA) is 0 Å². The van der Waals surface area contributed by atoms with Crippen molar-refractivity contribution in [3.8, 4) is 0 Å². The van der Waals surface area contributed by atoms with Gasteiger partial charge in [0.05, 0.1) is 0 Å². The van der Waals surface area contributed by atoms with E-state index in [0.717, 1.165) is 5.57 Å². The van der Waals surface area contributed by atoms with Crippen molar-refractivity contribution in [1.82, 2.24) is 0 Å². The van der Waals surface area contributed by atoms with Gasteiger partial charge < -0.3 is 0 Å². The smallest absolute Gasteiger partial charge is 0.0256 e. The summed E-state index contributed by atoms with van der Waals surface area (Å²) in [5, 5.41) is 0. The van der Waals surface area contributed by atoms with E-state index >= 15 is 0 Å². The van der Waals surface area contributed by atoms with Gasteiger partial charge in [-0.05, 0) is 25.0 Å². The summed E-state index contributed by atoms with van der Waals surface area (Å²) in [5.41, 5.74) is 3.65. The molecule has 0 heterocycles. The Morgan fingerprint density at radius 3 is 2.38 bits per heavy atom. The van der Waals surface area contributed by atoms with Gasteiger partial charge in [0, 0.05) is 0 Å². The predicted octanol–water partition coefficient (Wildman–Crippen LogP) is 4.70. The first-order chi connectivity index (χ1) is 7.76. The first-order valence-electron chi connectivity index (χ1n) is 5.46. The lowest BCUT2D eigenvalue weighted by atomic mass is 10.1. The highest BCUT2D eigenvalue weighted by Gasteiger charge is 1.87. The van der Waals surface area contributed by atoms with Crippen molar-refractivity contribution < 1.29 is 0 Å². The summed E-state index contributed by atoms with van der Waals surface area (Å²) < 4.78 is 0. The molecule has 0 saturated heterocycles. The molecule has 0 spiro atoms. The Morgan fingerprint density at radius 2 is 1.81 bits per heavy atom. The number of allylic oxidation sites excluding steroid dienone is 6. The maximum Gasteiger partial charge on any atom is -0.0256 e. The van der Waals surface area contributed by atoms with Gasteiger partial charge in [0.25, 0.3) is 0 Å². The molecule has 1 rings (SSSR count). The van der Waals surface area contributed by atoms with Crippen LogP contribution in [-0.2, 0) is 0 Å². The van der Waals surface area contributed by atoms with Crippen LogP contribution in [0.1, 0.15) is 18.1 Å². The Bertz CT molecular complexity index is 414.